The number of nitrogens with one attached hydrogen (secondary N) is 1. The second-order valence-corrected chi connectivity index (χ2v) is 5.76. The maximum atomic E-state index is 9.91. The third-order valence-electron chi connectivity index (χ3n) is 3.19. The highest BCUT2D eigenvalue weighted by atomic mass is 35.5. The Labute approximate surface area is 131 Å². The fraction of sp³-hybridized carbons (Fsp3) is 0.133. The van der Waals surface area contributed by atoms with Crippen LogP contribution in [0.3, 0.4) is 0 Å². The summed E-state index contributed by atoms with van der Waals surface area (Å²) in [4.78, 5) is 4.33. The van der Waals surface area contributed by atoms with Gasteiger partial charge in [-0.3, -0.25) is 0 Å². The average Bonchev–Trinajstić information content (AvgIpc) is 2.96. The third kappa shape index (κ3) is 2.75. The minimum Gasteiger partial charge on any atom is -0.508 e. The van der Waals surface area contributed by atoms with Crippen molar-refractivity contribution in [3.05, 3.63) is 46.4 Å². The van der Waals surface area contributed by atoms with E-state index in [1.807, 2.05) is 12.1 Å². The number of methoxy groups -OCH3 is 1. The van der Waals surface area contributed by atoms with E-state index >= 15 is 0 Å². The van der Waals surface area contributed by atoms with Crippen LogP contribution < -0.4 is 10.1 Å². The maximum Gasteiger partial charge on any atom is 0.120 e. The summed E-state index contributed by atoms with van der Waals surface area (Å²) >= 11 is 7.80. The van der Waals surface area contributed by atoms with Gasteiger partial charge in [0.15, 0.2) is 0 Å². The lowest BCUT2D eigenvalue weighted by atomic mass is 10.2. The van der Waals surface area contributed by atoms with Crippen LogP contribution in [0.2, 0.25) is 5.02 Å². The molecule has 0 bridgehead atoms. The van der Waals surface area contributed by atoms with Crippen molar-refractivity contribution in [1.29, 1.82) is 0 Å². The van der Waals surface area contributed by atoms with E-state index in [9.17, 15) is 5.11 Å². The van der Waals surface area contributed by atoms with Crippen molar-refractivity contribution in [2.75, 3.05) is 12.4 Å². The molecule has 0 radical (unpaired) electrons. The molecule has 108 valence electrons. The van der Waals surface area contributed by atoms with Gasteiger partial charge in [-0.05, 0) is 30.3 Å². The van der Waals surface area contributed by atoms with Crippen LogP contribution in [0.15, 0.2) is 35.8 Å². The number of rotatable bonds is 4. The van der Waals surface area contributed by atoms with E-state index in [4.69, 9.17) is 16.3 Å². The number of hydrogen-bond acceptors (Lipinski definition) is 5. The van der Waals surface area contributed by atoms with Crippen LogP contribution in [0.5, 0.6) is 11.5 Å². The summed E-state index contributed by atoms with van der Waals surface area (Å²) in [6, 6.07) is 8.91. The van der Waals surface area contributed by atoms with Crippen molar-refractivity contribution in [2.45, 2.75) is 6.54 Å². The highest BCUT2D eigenvalue weighted by Gasteiger charge is 2.10. The summed E-state index contributed by atoms with van der Waals surface area (Å²) in [6.07, 6.45) is 0. The lowest BCUT2D eigenvalue weighted by molar-refractivity contribution is 0.411. The number of ether oxygens (including phenoxy) is 1. The van der Waals surface area contributed by atoms with Crippen LogP contribution in [0.4, 0.5) is 5.69 Å². The normalized spacial score (nSPS) is 10.8. The molecule has 0 aliphatic carbocycles. The molecule has 3 aromatic rings. The number of aromatic hydroxyl groups is 1. The molecule has 2 aromatic carbocycles. The molecule has 0 atom stereocenters. The van der Waals surface area contributed by atoms with Crippen LogP contribution in [-0.2, 0) is 6.54 Å². The number of anilines is 1. The van der Waals surface area contributed by atoms with Crippen molar-refractivity contribution in [3.63, 3.8) is 0 Å². The largest absolute Gasteiger partial charge is 0.508 e. The number of phenolic OH excluding ortho intramolecular Hbond substituents is 1. The summed E-state index contributed by atoms with van der Waals surface area (Å²) in [5, 5.41) is 13.8. The molecule has 0 aliphatic heterocycles. The molecule has 1 heterocycles. The zero-order valence-corrected chi connectivity index (χ0v) is 12.8. The average molecular weight is 321 g/mol. The standard InChI is InChI=1S/C15H13ClN2O2S/c1-20-10-2-4-12(19)9(6-10)7-17-14-11(16)3-5-13-15(14)18-8-21-13/h2-6,8,17,19H,7H2,1H3. The van der Waals surface area contributed by atoms with E-state index in [1.165, 1.54) is 0 Å². The van der Waals surface area contributed by atoms with Crippen LogP contribution in [-0.4, -0.2) is 17.2 Å². The monoisotopic (exact) mass is 320 g/mol. The van der Waals surface area contributed by atoms with Crippen molar-refractivity contribution < 1.29 is 9.84 Å². The Hall–Kier alpha value is -1.98. The summed E-state index contributed by atoms with van der Waals surface area (Å²) in [7, 11) is 1.59. The van der Waals surface area contributed by atoms with Gasteiger partial charge in [-0.15, -0.1) is 11.3 Å². The predicted octanol–water partition coefficient (Wildman–Crippen LogP) is 4.28. The first-order valence-electron chi connectivity index (χ1n) is 6.30. The molecule has 0 saturated heterocycles. The number of halogens is 1. The number of aromatic nitrogens is 1. The van der Waals surface area contributed by atoms with E-state index in [1.54, 1.807) is 42.2 Å². The second-order valence-electron chi connectivity index (χ2n) is 4.47. The molecule has 3 rings (SSSR count). The lowest BCUT2D eigenvalue weighted by Gasteiger charge is -2.11. The summed E-state index contributed by atoms with van der Waals surface area (Å²) in [6.45, 7) is 0.430. The molecule has 1 aromatic heterocycles. The van der Waals surface area contributed by atoms with Crippen LogP contribution in [0.25, 0.3) is 10.2 Å². The van der Waals surface area contributed by atoms with Crippen molar-refractivity contribution in [2.24, 2.45) is 0 Å². The number of phenols is 1. The van der Waals surface area contributed by atoms with Crippen molar-refractivity contribution in [3.8, 4) is 11.5 Å². The van der Waals surface area contributed by atoms with Gasteiger partial charge in [0.1, 0.15) is 17.0 Å². The number of fused-ring (bicyclic) bond motifs is 1. The highest BCUT2D eigenvalue weighted by Crippen LogP contribution is 2.33. The Balaban J connectivity index is 1.90. The molecule has 4 nitrogen and oxygen atoms in total. The number of nitrogens with zero attached hydrogens (tertiary/aromatic N) is 1. The minimum absolute atomic E-state index is 0.213. The van der Waals surface area contributed by atoms with Gasteiger partial charge in [0.25, 0.3) is 0 Å². The Morgan fingerprint density at radius 3 is 3.00 bits per heavy atom. The van der Waals surface area contributed by atoms with Gasteiger partial charge in [-0.25, -0.2) is 4.98 Å². The number of thiazole rings is 1. The smallest absolute Gasteiger partial charge is 0.120 e. The van der Waals surface area contributed by atoms with E-state index in [0.29, 0.717) is 17.3 Å². The zero-order valence-electron chi connectivity index (χ0n) is 11.3. The summed E-state index contributed by atoms with van der Waals surface area (Å²) in [5.74, 6) is 0.910. The molecule has 0 unspecified atom stereocenters. The van der Waals surface area contributed by atoms with Crippen molar-refractivity contribution in [1.82, 2.24) is 4.98 Å². The Bertz CT molecular complexity index is 788. The molecule has 2 N–H and O–H groups in total. The number of benzene rings is 2. The maximum absolute atomic E-state index is 9.91. The van der Waals surface area contributed by atoms with E-state index in [2.05, 4.69) is 10.3 Å². The Morgan fingerprint density at radius 2 is 2.19 bits per heavy atom. The van der Waals surface area contributed by atoms with Gasteiger partial charge in [0.05, 0.1) is 28.0 Å². The molecular weight excluding hydrogens is 308 g/mol. The van der Waals surface area contributed by atoms with Gasteiger partial charge in [0.2, 0.25) is 0 Å². The minimum atomic E-state index is 0.213. The van der Waals surface area contributed by atoms with Gasteiger partial charge in [-0.1, -0.05) is 11.6 Å². The highest BCUT2D eigenvalue weighted by molar-refractivity contribution is 7.16. The molecular formula is C15H13ClN2O2S. The zero-order chi connectivity index (χ0) is 14.8. The molecule has 0 saturated carbocycles. The van der Waals surface area contributed by atoms with E-state index in [-0.39, 0.29) is 5.75 Å². The molecule has 0 spiro atoms. The van der Waals surface area contributed by atoms with Crippen molar-refractivity contribution >= 4 is 38.8 Å². The first kappa shape index (κ1) is 14.0. The quantitative estimate of drug-likeness (QED) is 0.753. The summed E-state index contributed by atoms with van der Waals surface area (Å²) in [5.41, 5.74) is 4.14. The van der Waals surface area contributed by atoms with Crippen LogP contribution >= 0.6 is 22.9 Å². The van der Waals surface area contributed by atoms with Crippen LogP contribution in [0, 0.1) is 0 Å². The first-order chi connectivity index (χ1) is 10.2. The first-order valence-corrected chi connectivity index (χ1v) is 7.56. The fourth-order valence-corrected chi connectivity index (χ4v) is 2.99. The van der Waals surface area contributed by atoms with Crippen LogP contribution in [0.1, 0.15) is 5.56 Å². The SMILES string of the molecule is COc1ccc(O)c(CNc2c(Cl)ccc3scnc23)c1. The topological polar surface area (TPSA) is 54.4 Å². The lowest BCUT2D eigenvalue weighted by Crippen LogP contribution is -2.01. The van der Waals surface area contributed by atoms with Gasteiger partial charge in [0, 0.05) is 12.1 Å². The Morgan fingerprint density at radius 1 is 1.33 bits per heavy atom. The van der Waals surface area contributed by atoms with Gasteiger partial charge in [-0.2, -0.15) is 0 Å². The number of hydrogen-bond donors (Lipinski definition) is 2. The fourth-order valence-electron chi connectivity index (χ4n) is 2.09. The second kappa shape index (κ2) is 5.79. The van der Waals surface area contributed by atoms with E-state index in [0.717, 1.165) is 21.5 Å². The molecule has 0 amide bonds. The Kier molecular flexibility index (Phi) is 3.86. The molecule has 0 aliphatic rings. The van der Waals surface area contributed by atoms with E-state index < -0.39 is 0 Å². The molecule has 0 fully saturated rings. The third-order valence-corrected chi connectivity index (χ3v) is 4.30. The summed E-state index contributed by atoms with van der Waals surface area (Å²) < 4.78 is 6.23. The van der Waals surface area contributed by atoms with Gasteiger partial charge >= 0.3 is 0 Å². The van der Waals surface area contributed by atoms with Gasteiger partial charge < -0.3 is 15.2 Å². The predicted molar refractivity (Wildman–Crippen MR) is 86.6 cm³/mol. The molecule has 21 heavy (non-hydrogen) atoms. The molecule has 6 heteroatoms.